The number of hydrogen-bond donors (Lipinski definition) is 0. The van der Waals surface area contributed by atoms with E-state index in [2.05, 4.69) is 3.66 Å². The molecule has 6 heteroatoms. The second-order valence-corrected chi connectivity index (χ2v) is 2.37. The average Bonchev–Trinajstić information content (AvgIpc) is 1.35. The molecule has 3 nitrogen and oxygen atoms in total. The molecule has 48 valence electrons. The van der Waals surface area contributed by atoms with Crippen LogP contribution in [0, 0.1) is 0 Å². The SMILES string of the molecule is ClC(Cl)C[O][V+4].[O-2].[O-2]. The number of halogens is 2. The van der Waals surface area contributed by atoms with E-state index in [4.69, 9.17) is 23.2 Å². The van der Waals surface area contributed by atoms with Crippen LogP contribution in [0.1, 0.15) is 0 Å². The van der Waals surface area contributed by atoms with E-state index < -0.39 is 4.84 Å². The molecule has 0 saturated carbocycles. The largest absolute Gasteiger partial charge is 2.00 e. The topological polar surface area (TPSA) is 66.2 Å². The molecular formula is C2H3Cl2O3V. The molecule has 0 amide bonds. The molecule has 0 aromatic carbocycles. The summed E-state index contributed by atoms with van der Waals surface area (Å²) in [5.41, 5.74) is 0. The summed E-state index contributed by atoms with van der Waals surface area (Å²) in [6.07, 6.45) is 0. The van der Waals surface area contributed by atoms with Crippen molar-refractivity contribution in [2.45, 2.75) is 4.84 Å². The normalized spacial score (nSPS) is 7.62. The molecule has 0 aromatic heterocycles. The molecule has 8 heavy (non-hydrogen) atoms. The quantitative estimate of drug-likeness (QED) is 0.609. The summed E-state index contributed by atoms with van der Waals surface area (Å²) in [5.74, 6) is 0. The molecule has 0 N–H and O–H groups in total. The monoisotopic (exact) mass is 196 g/mol. The van der Waals surface area contributed by atoms with Crippen LogP contribution in [0.25, 0.3) is 0 Å². The molecule has 0 aliphatic rings. The fraction of sp³-hybridized carbons (Fsp3) is 1.00. The van der Waals surface area contributed by atoms with Crippen LogP contribution in [0.4, 0.5) is 0 Å². The second kappa shape index (κ2) is 10.9. The Labute approximate surface area is 67.2 Å². The first-order valence-electron chi connectivity index (χ1n) is 1.32. The van der Waals surface area contributed by atoms with Gasteiger partial charge in [-0.3, -0.25) is 0 Å². The summed E-state index contributed by atoms with van der Waals surface area (Å²) in [4.78, 5) is -0.395. The summed E-state index contributed by atoms with van der Waals surface area (Å²) in [6.45, 7) is 0.378. The Bertz CT molecular complexity index is 36.5. The average molecular weight is 197 g/mol. The molecule has 0 heterocycles. The Morgan fingerprint density at radius 2 is 1.75 bits per heavy atom. The van der Waals surface area contributed by atoms with Gasteiger partial charge in [0.25, 0.3) is 0 Å². The zero-order valence-electron chi connectivity index (χ0n) is 3.71. The molecule has 0 saturated heterocycles. The van der Waals surface area contributed by atoms with Crippen LogP contribution in [0.15, 0.2) is 0 Å². The van der Waals surface area contributed by atoms with Crippen LogP contribution in [0.2, 0.25) is 0 Å². The van der Waals surface area contributed by atoms with Gasteiger partial charge in [-0.1, -0.05) is 0 Å². The first-order valence-corrected chi connectivity index (χ1v) is 2.76. The minimum Gasteiger partial charge on any atom is -2.00 e. The van der Waals surface area contributed by atoms with Gasteiger partial charge < -0.3 is 11.0 Å². The Morgan fingerprint density at radius 1 is 1.38 bits per heavy atom. The van der Waals surface area contributed by atoms with E-state index >= 15 is 0 Å². The predicted molar refractivity (Wildman–Crippen MR) is 22.8 cm³/mol. The molecule has 0 rings (SSSR count). The Hall–Kier alpha value is 1.04. The second-order valence-electron chi connectivity index (χ2n) is 0.687. The smallest absolute Gasteiger partial charge is 2.00 e. The van der Waals surface area contributed by atoms with Gasteiger partial charge in [0, 0.05) is 0 Å². The molecule has 0 unspecified atom stereocenters. The van der Waals surface area contributed by atoms with Crippen molar-refractivity contribution in [2.75, 3.05) is 6.61 Å². The molecule has 0 aliphatic carbocycles. The molecule has 0 aliphatic heterocycles. The first kappa shape index (κ1) is 16.0. The van der Waals surface area contributed by atoms with Gasteiger partial charge in [0.15, 0.2) is 0 Å². The van der Waals surface area contributed by atoms with Crippen molar-refractivity contribution in [3.8, 4) is 0 Å². The van der Waals surface area contributed by atoms with Gasteiger partial charge in [-0.25, -0.2) is 0 Å². The fourth-order valence-electron chi connectivity index (χ4n) is 0.0563. The Morgan fingerprint density at radius 3 is 1.75 bits per heavy atom. The molecule has 0 aromatic rings. The van der Waals surface area contributed by atoms with E-state index in [-0.39, 0.29) is 11.0 Å². The number of hydrogen-bond acceptors (Lipinski definition) is 1. The van der Waals surface area contributed by atoms with Crippen molar-refractivity contribution >= 4 is 23.2 Å². The van der Waals surface area contributed by atoms with Gasteiger partial charge in [0.05, 0.1) is 0 Å². The summed E-state index contributed by atoms with van der Waals surface area (Å²) < 4.78 is 4.48. The third-order valence-electron chi connectivity index (χ3n) is 0.201. The van der Waals surface area contributed by atoms with Gasteiger partial charge in [-0.15, -0.1) is 0 Å². The van der Waals surface area contributed by atoms with Crippen molar-refractivity contribution < 1.29 is 32.4 Å². The number of alkyl halides is 2. The first-order chi connectivity index (χ1) is 2.77. The summed E-state index contributed by atoms with van der Waals surface area (Å²) in [5, 5.41) is 0. The van der Waals surface area contributed by atoms with Crippen molar-refractivity contribution in [3.05, 3.63) is 0 Å². The van der Waals surface area contributed by atoms with Crippen LogP contribution in [-0.4, -0.2) is 11.4 Å². The van der Waals surface area contributed by atoms with Crippen molar-refractivity contribution in [2.24, 2.45) is 0 Å². The van der Waals surface area contributed by atoms with Crippen LogP contribution in [-0.2, 0) is 32.4 Å². The van der Waals surface area contributed by atoms with E-state index in [1.165, 1.54) is 0 Å². The molecule has 0 radical (unpaired) electrons. The van der Waals surface area contributed by atoms with Crippen molar-refractivity contribution in [1.29, 1.82) is 0 Å². The molecule has 0 fully saturated rings. The maximum absolute atomic E-state index is 5.21. The van der Waals surface area contributed by atoms with Gasteiger partial charge in [0.2, 0.25) is 0 Å². The van der Waals surface area contributed by atoms with Gasteiger partial charge >= 0.3 is 56.1 Å². The van der Waals surface area contributed by atoms with Gasteiger partial charge in [-0.2, -0.15) is 0 Å². The maximum atomic E-state index is 5.21. The van der Waals surface area contributed by atoms with Crippen LogP contribution in [0.3, 0.4) is 0 Å². The molecule has 0 bridgehead atoms. The molecule has 0 atom stereocenters. The van der Waals surface area contributed by atoms with Crippen LogP contribution < -0.4 is 0 Å². The van der Waals surface area contributed by atoms with E-state index in [9.17, 15) is 0 Å². The van der Waals surface area contributed by atoms with Crippen molar-refractivity contribution in [1.82, 2.24) is 0 Å². The van der Waals surface area contributed by atoms with Crippen LogP contribution >= 0.6 is 23.2 Å². The zero-order valence-corrected chi connectivity index (χ0v) is 6.62. The Kier molecular flexibility index (Phi) is 21.9. The van der Waals surface area contributed by atoms with Gasteiger partial charge in [0.1, 0.15) is 0 Å². The summed E-state index contributed by atoms with van der Waals surface area (Å²) >= 11 is 12.3. The van der Waals surface area contributed by atoms with E-state index in [0.717, 1.165) is 0 Å². The minimum atomic E-state index is -0.395. The third-order valence-corrected chi connectivity index (χ3v) is 0.685. The van der Waals surface area contributed by atoms with Gasteiger partial charge in [-0.05, 0) is 0 Å². The predicted octanol–water partition coefficient (Wildman–Crippen LogP) is 1.03. The van der Waals surface area contributed by atoms with Crippen LogP contribution in [0.5, 0.6) is 0 Å². The van der Waals surface area contributed by atoms with Crippen molar-refractivity contribution in [3.63, 3.8) is 0 Å². The molecule has 0 spiro atoms. The van der Waals surface area contributed by atoms with E-state index in [1.807, 2.05) is 17.8 Å². The molecular weight excluding hydrogens is 194 g/mol. The van der Waals surface area contributed by atoms with E-state index in [1.54, 1.807) is 0 Å². The third kappa shape index (κ3) is 15.7. The Balaban J connectivity index is -0.000000125. The number of rotatable bonds is 2. The maximum Gasteiger partial charge on any atom is -2.00 e. The minimum absolute atomic E-state index is 0. The zero-order chi connectivity index (χ0) is 4.99. The standard InChI is InChI=1S/C2H3Cl2O.2O.V/c3-2(4)1-5;;;/h2H,1H2;;;/q-1;2*-2;+5. The summed E-state index contributed by atoms with van der Waals surface area (Å²) in [7, 11) is 0. The summed E-state index contributed by atoms with van der Waals surface area (Å²) in [6, 6.07) is 0. The fourth-order valence-corrected chi connectivity index (χ4v) is 0.697. The van der Waals surface area contributed by atoms with E-state index in [0.29, 0.717) is 6.61 Å².